The van der Waals surface area contributed by atoms with Crippen LogP contribution in [0.3, 0.4) is 0 Å². The number of rotatable bonds is 6. The number of aryl methyl sites for hydroxylation is 1. The molecule has 1 aliphatic rings. The Morgan fingerprint density at radius 1 is 1.11 bits per heavy atom. The zero-order chi connectivity index (χ0) is 19.2. The summed E-state index contributed by atoms with van der Waals surface area (Å²) in [6.45, 7) is 5.40. The second-order valence-corrected chi connectivity index (χ2v) is 6.64. The molecule has 7 nitrogen and oxygen atoms in total. The number of nitro groups is 1. The Balaban J connectivity index is 1.49. The molecule has 7 heteroatoms. The number of carbonyl (C=O) groups is 1. The Morgan fingerprint density at radius 3 is 2.44 bits per heavy atom. The SMILES string of the molecule is CCc1ccc(NC(=O)CN2CCN(c3cccc([N+](=O)[O-])c3)CC2)cc1. The molecule has 0 aliphatic carbocycles. The van der Waals surface area contributed by atoms with E-state index in [0.29, 0.717) is 6.54 Å². The number of nitrogens with zero attached hydrogens (tertiary/aromatic N) is 3. The number of carbonyl (C=O) groups excluding carboxylic acids is 1. The highest BCUT2D eigenvalue weighted by Crippen LogP contribution is 2.22. The van der Waals surface area contributed by atoms with Crippen LogP contribution in [0.2, 0.25) is 0 Å². The highest BCUT2D eigenvalue weighted by atomic mass is 16.6. The van der Waals surface area contributed by atoms with Gasteiger partial charge in [-0.1, -0.05) is 25.1 Å². The first-order valence-electron chi connectivity index (χ1n) is 9.15. The first-order chi connectivity index (χ1) is 13.0. The van der Waals surface area contributed by atoms with Crippen molar-refractivity contribution >= 4 is 23.0 Å². The Kier molecular flexibility index (Phi) is 6.03. The molecule has 3 rings (SSSR count). The maximum atomic E-state index is 12.3. The molecule has 0 spiro atoms. The highest BCUT2D eigenvalue weighted by Gasteiger charge is 2.20. The van der Waals surface area contributed by atoms with E-state index in [1.165, 1.54) is 11.6 Å². The van der Waals surface area contributed by atoms with Crippen molar-refractivity contribution in [2.75, 3.05) is 42.9 Å². The van der Waals surface area contributed by atoms with E-state index in [2.05, 4.69) is 22.0 Å². The average molecular weight is 368 g/mol. The van der Waals surface area contributed by atoms with E-state index in [0.717, 1.165) is 44.0 Å². The van der Waals surface area contributed by atoms with Gasteiger partial charge in [0, 0.05) is 49.7 Å². The maximum Gasteiger partial charge on any atom is 0.271 e. The molecule has 0 aromatic heterocycles. The van der Waals surface area contributed by atoms with Gasteiger partial charge in [-0.25, -0.2) is 0 Å². The van der Waals surface area contributed by atoms with E-state index in [1.54, 1.807) is 12.1 Å². The molecule has 2 aromatic rings. The molecule has 27 heavy (non-hydrogen) atoms. The van der Waals surface area contributed by atoms with Gasteiger partial charge in [-0.2, -0.15) is 0 Å². The highest BCUT2D eigenvalue weighted by molar-refractivity contribution is 5.92. The van der Waals surface area contributed by atoms with Gasteiger partial charge < -0.3 is 10.2 Å². The Labute approximate surface area is 158 Å². The minimum atomic E-state index is -0.378. The number of hydrogen-bond donors (Lipinski definition) is 1. The predicted molar refractivity (Wildman–Crippen MR) is 106 cm³/mol. The van der Waals surface area contributed by atoms with Crippen molar-refractivity contribution in [3.8, 4) is 0 Å². The molecule has 142 valence electrons. The topological polar surface area (TPSA) is 78.7 Å². The molecule has 0 unspecified atom stereocenters. The molecule has 1 amide bonds. The summed E-state index contributed by atoms with van der Waals surface area (Å²) in [5.41, 5.74) is 3.01. The molecule has 1 fully saturated rings. The van der Waals surface area contributed by atoms with Gasteiger partial charge in [0.25, 0.3) is 5.69 Å². The summed E-state index contributed by atoms with van der Waals surface area (Å²) in [4.78, 5) is 27.0. The van der Waals surface area contributed by atoms with E-state index >= 15 is 0 Å². The molecular weight excluding hydrogens is 344 g/mol. The van der Waals surface area contributed by atoms with E-state index < -0.39 is 0 Å². The normalized spacial score (nSPS) is 14.8. The lowest BCUT2D eigenvalue weighted by atomic mass is 10.1. The second kappa shape index (κ2) is 8.64. The van der Waals surface area contributed by atoms with Crippen molar-refractivity contribution in [3.05, 3.63) is 64.2 Å². The quantitative estimate of drug-likeness (QED) is 0.626. The summed E-state index contributed by atoms with van der Waals surface area (Å²) in [6.07, 6.45) is 0.975. The van der Waals surface area contributed by atoms with Crippen LogP contribution in [-0.4, -0.2) is 48.5 Å². The summed E-state index contributed by atoms with van der Waals surface area (Å²) in [5.74, 6) is -0.0250. The van der Waals surface area contributed by atoms with Gasteiger partial charge in [-0.3, -0.25) is 19.8 Å². The van der Waals surface area contributed by atoms with Gasteiger partial charge >= 0.3 is 0 Å². The Hall–Kier alpha value is -2.93. The summed E-state index contributed by atoms with van der Waals surface area (Å²) in [5, 5.41) is 13.9. The fraction of sp³-hybridized carbons (Fsp3) is 0.350. The number of amides is 1. The molecule has 2 aromatic carbocycles. The molecule has 0 atom stereocenters. The van der Waals surface area contributed by atoms with Crippen molar-refractivity contribution in [2.24, 2.45) is 0 Å². The van der Waals surface area contributed by atoms with Gasteiger partial charge in [0.05, 0.1) is 11.5 Å². The van der Waals surface area contributed by atoms with Crippen LogP contribution in [0.1, 0.15) is 12.5 Å². The van der Waals surface area contributed by atoms with Crippen LogP contribution >= 0.6 is 0 Å². The summed E-state index contributed by atoms with van der Waals surface area (Å²) in [6, 6.07) is 14.6. The fourth-order valence-electron chi connectivity index (χ4n) is 3.19. The van der Waals surface area contributed by atoms with Crippen LogP contribution in [-0.2, 0) is 11.2 Å². The van der Waals surface area contributed by atoms with Crippen molar-refractivity contribution < 1.29 is 9.72 Å². The minimum absolute atomic E-state index is 0.0250. The first kappa shape index (κ1) is 18.8. The van der Waals surface area contributed by atoms with E-state index in [4.69, 9.17) is 0 Å². The molecule has 0 radical (unpaired) electrons. The van der Waals surface area contributed by atoms with Crippen LogP contribution in [0.15, 0.2) is 48.5 Å². The molecule has 1 N–H and O–H groups in total. The Bertz CT molecular complexity index is 799. The number of nitro benzene ring substituents is 1. The molecule has 1 heterocycles. The zero-order valence-electron chi connectivity index (χ0n) is 15.4. The molecular formula is C20H24N4O3. The van der Waals surface area contributed by atoms with E-state index in [9.17, 15) is 14.9 Å². The summed E-state index contributed by atoms with van der Waals surface area (Å²) < 4.78 is 0. The molecule has 1 aliphatic heterocycles. The number of piperazine rings is 1. The van der Waals surface area contributed by atoms with Crippen LogP contribution in [0.4, 0.5) is 17.1 Å². The van der Waals surface area contributed by atoms with E-state index in [1.807, 2.05) is 30.3 Å². The summed E-state index contributed by atoms with van der Waals surface area (Å²) >= 11 is 0. The van der Waals surface area contributed by atoms with Gasteiger partial charge in [0.1, 0.15) is 0 Å². The van der Waals surface area contributed by atoms with Crippen molar-refractivity contribution in [1.82, 2.24) is 4.90 Å². The lowest BCUT2D eigenvalue weighted by Gasteiger charge is -2.35. The first-order valence-corrected chi connectivity index (χ1v) is 9.15. The third-order valence-corrected chi connectivity index (χ3v) is 4.79. The van der Waals surface area contributed by atoms with Gasteiger partial charge in [-0.15, -0.1) is 0 Å². The smallest absolute Gasteiger partial charge is 0.271 e. The van der Waals surface area contributed by atoms with Gasteiger partial charge in [0.15, 0.2) is 0 Å². The van der Waals surface area contributed by atoms with Crippen LogP contribution in [0, 0.1) is 10.1 Å². The third kappa shape index (κ3) is 5.04. The summed E-state index contributed by atoms with van der Waals surface area (Å²) in [7, 11) is 0. The molecule has 0 saturated carbocycles. The third-order valence-electron chi connectivity index (χ3n) is 4.79. The molecule has 1 saturated heterocycles. The lowest BCUT2D eigenvalue weighted by Crippen LogP contribution is -2.48. The van der Waals surface area contributed by atoms with Crippen LogP contribution in [0.25, 0.3) is 0 Å². The lowest BCUT2D eigenvalue weighted by molar-refractivity contribution is -0.384. The average Bonchev–Trinajstić information content (AvgIpc) is 2.69. The van der Waals surface area contributed by atoms with Crippen LogP contribution < -0.4 is 10.2 Å². The van der Waals surface area contributed by atoms with Crippen molar-refractivity contribution in [2.45, 2.75) is 13.3 Å². The number of non-ortho nitro benzene ring substituents is 1. The predicted octanol–water partition coefficient (Wildman–Crippen LogP) is 2.92. The van der Waals surface area contributed by atoms with Crippen molar-refractivity contribution in [3.63, 3.8) is 0 Å². The van der Waals surface area contributed by atoms with Crippen LogP contribution in [0.5, 0.6) is 0 Å². The largest absolute Gasteiger partial charge is 0.369 e. The van der Waals surface area contributed by atoms with E-state index in [-0.39, 0.29) is 16.5 Å². The number of hydrogen-bond acceptors (Lipinski definition) is 5. The fourth-order valence-corrected chi connectivity index (χ4v) is 3.19. The second-order valence-electron chi connectivity index (χ2n) is 6.64. The maximum absolute atomic E-state index is 12.3. The minimum Gasteiger partial charge on any atom is -0.369 e. The standard InChI is InChI=1S/C20H24N4O3/c1-2-16-6-8-17(9-7-16)21-20(25)15-22-10-12-23(13-11-22)18-4-3-5-19(14-18)24(26)27/h3-9,14H,2,10-13,15H2,1H3,(H,21,25). The Morgan fingerprint density at radius 2 is 1.81 bits per heavy atom. The number of benzene rings is 2. The van der Waals surface area contributed by atoms with Gasteiger partial charge in [-0.05, 0) is 30.2 Å². The van der Waals surface area contributed by atoms with Crippen molar-refractivity contribution in [1.29, 1.82) is 0 Å². The molecule has 0 bridgehead atoms. The monoisotopic (exact) mass is 368 g/mol. The number of anilines is 2. The zero-order valence-corrected chi connectivity index (χ0v) is 15.4. The number of nitrogens with one attached hydrogen (secondary N) is 1. The van der Waals surface area contributed by atoms with Gasteiger partial charge in [0.2, 0.25) is 5.91 Å².